The van der Waals surface area contributed by atoms with Gasteiger partial charge in [-0.05, 0) is 18.3 Å². The van der Waals surface area contributed by atoms with E-state index < -0.39 is 0 Å². The van der Waals surface area contributed by atoms with Gasteiger partial charge in [-0.3, -0.25) is 4.79 Å². The maximum absolute atomic E-state index is 11.6. The average Bonchev–Trinajstić information content (AvgIpc) is 2.61. The van der Waals surface area contributed by atoms with Crippen molar-refractivity contribution in [1.82, 2.24) is 0 Å². The summed E-state index contributed by atoms with van der Waals surface area (Å²) in [6.45, 7) is 0. The Morgan fingerprint density at radius 1 is 1.12 bits per heavy atom. The van der Waals surface area contributed by atoms with Crippen molar-refractivity contribution < 1.29 is 14.1 Å². The van der Waals surface area contributed by atoms with E-state index in [0.29, 0.717) is 6.42 Å². The topological polar surface area (TPSA) is 35.5 Å². The minimum absolute atomic E-state index is 0.0384. The standard InChI is InChI=1S/C12H13BO3/c14-11-8-10-6-7-12(11)16-13(15-10)9-4-2-1-3-5-9/h1-5,10,12H,6-8H2/t10-,12?/m0/s1. The van der Waals surface area contributed by atoms with Crippen LogP contribution in [0.1, 0.15) is 19.3 Å². The molecule has 3 nitrogen and oxygen atoms in total. The molecule has 2 bridgehead atoms. The molecular formula is C12H13BO3. The molecule has 0 spiro atoms. The van der Waals surface area contributed by atoms with E-state index in [0.717, 1.165) is 18.3 Å². The first kappa shape index (κ1) is 10.1. The Kier molecular flexibility index (Phi) is 2.54. The molecule has 16 heavy (non-hydrogen) atoms. The van der Waals surface area contributed by atoms with Crippen LogP contribution in [0.25, 0.3) is 0 Å². The third kappa shape index (κ3) is 1.79. The van der Waals surface area contributed by atoms with E-state index in [4.69, 9.17) is 9.31 Å². The van der Waals surface area contributed by atoms with Crippen LogP contribution in [0.5, 0.6) is 0 Å². The highest BCUT2D eigenvalue weighted by Crippen LogP contribution is 2.26. The first-order chi connectivity index (χ1) is 7.83. The van der Waals surface area contributed by atoms with Gasteiger partial charge in [0.2, 0.25) is 0 Å². The number of fused-ring (bicyclic) bond motifs is 4. The summed E-state index contributed by atoms with van der Waals surface area (Å²) in [6.07, 6.45) is 2.01. The van der Waals surface area contributed by atoms with Crippen molar-refractivity contribution in [2.24, 2.45) is 0 Å². The third-order valence-corrected chi connectivity index (χ3v) is 3.21. The average molecular weight is 216 g/mol. The van der Waals surface area contributed by atoms with Gasteiger partial charge in [-0.1, -0.05) is 30.3 Å². The molecular weight excluding hydrogens is 203 g/mol. The van der Waals surface area contributed by atoms with Crippen molar-refractivity contribution in [3.8, 4) is 0 Å². The quantitative estimate of drug-likeness (QED) is 0.654. The summed E-state index contributed by atoms with van der Waals surface area (Å²) in [4.78, 5) is 11.6. The van der Waals surface area contributed by atoms with Crippen LogP contribution in [0, 0.1) is 0 Å². The third-order valence-electron chi connectivity index (χ3n) is 3.21. The van der Waals surface area contributed by atoms with E-state index in [1.54, 1.807) is 0 Å². The fourth-order valence-corrected chi connectivity index (χ4v) is 2.34. The number of ketones is 1. The van der Waals surface area contributed by atoms with Gasteiger partial charge < -0.3 is 9.31 Å². The molecule has 2 aliphatic heterocycles. The second-order valence-corrected chi connectivity index (χ2v) is 4.37. The van der Waals surface area contributed by atoms with Gasteiger partial charge in [0.05, 0.1) is 6.10 Å². The predicted octanol–water partition coefficient (Wildman–Crippen LogP) is 0.919. The van der Waals surface area contributed by atoms with Crippen LogP contribution in [-0.4, -0.2) is 25.1 Å². The van der Waals surface area contributed by atoms with Crippen molar-refractivity contribution in [2.45, 2.75) is 31.5 Å². The van der Waals surface area contributed by atoms with E-state index >= 15 is 0 Å². The summed E-state index contributed by atoms with van der Waals surface area (Å²) in [5, 5.41) is 0. The molecule has 0 amide bonds. The molecule has 2 heterocycles. The lowest BCUT2D eigenvalue weighted by Crippen LogP contribution is -2.38. The molecule has 4 rings (SSSR count). The van der Waals surface area contributed by atoms with E-state index in [2.05, 4.69) is 0 Å². The van der Waals surface area contributed by atoms with Crippen molar-refractivity contribution in [3.05, 3.63) is 30.3 Å². The van der Waals surface area contributed by atoms with Crippen LogP contribution in [0.2, 0.25) is 0 Å². The molecule has 3 fully saturated rings. The molecule has 0 N–H and O–H groups in total. The Bertz CT molecular complexity index is 393. The summed E-state index contributed by atoms with van der Waals surface area (Å²) < 4.78 is 11.5. The largest absolute Gasteiger partial charge is 0.494 e. The van der Waals surface area contributed by atoms with Gasteiger partial charge in [0, 0.05) is 6.42 Å². The van der Waals surface area contributed by atoms with Gasteiger partial charge in [-0.15, -0.1) is 0 Å². The first-order valence-corrected chi connectivity index (χ1v) is 5.71. The zero-order chi connectivity index (χ0) is 11.0. The van der Waals surface area contributed by atoms with Gasteiger partial charge in [-0.25, -0.2) is 0 Å². The van der Waals surface area contributed by atoms with Gasteiger partial charge in [0.1, 0.15) is 6.10 Å². The highest BCUT2D eigenvalue weighted by Gasteiger charge is 2.40. The molecule has 1 saturated carbocycles. The molecule has 1 aromatic rings. The van der Waals surface area contributed by atoms with Gasteiger partial charge in [-0.2, -0.15) is 0 Å². The Balaban J connectivity index is 1.86. The fraction of sp³-hybridized carbons (Fsp3) is 0.417. The van der Waals surface area contributed by atoms with Crippen molar-refractivity contribution in [1.29, 1.82) is 0 Å². The minimum atomic E-state index is -0.370. The molecule has 1 aliphatic carbocycles. The Morgan fingerprint density at radius 3 is 2.69 bits per heavy atom. The Hall–Kier alpha value is -1.13. The molecule has 2 atom stereocenters. The van der Waals surface area contributed by atoms with Crippen molar-refractivity contribution in [3.63, 3.8) is 0 Å². The van der Waals surface area contributed by atoms with Gasteiger partial charge in [0.15, 0.2) is 5.78 Å². The van der Waals surface area contributed by atoms with Crippen LogP contribution < -0.4 is 5.46 Å². The maximum atomic E-state index is 11.6. The highest BCUT2D eigenvalue weighted by molar-refractivity contribution is 6.61. The Labute approximate surface area is 94.9 Å². The number of hydrogen-bond acceptors (Lipinski definition) is 3. The summed E-state index contributed by atoms with van der Waals surface area (Å²) in [5.74, 6) is 0.190. The Morgan fingerprint density at radius 2 is 1.94 bits per heavy atom. The molecule has 4 heteroatoms. The number of Topliss-reactive ketones (excluding diaryl/α,β-unsaturated/α-hetero) is 1. The second kappa shape index (κ2) is 4.03. The molecule has 1 aromatic carbocycles. The van der Waals surface area contributed by atoms with Crippen LogP contribution in [0.15, 0.2) is 30.3 Å². The summed E-state index contributed by atoms with van der Waals surface area (Å²) >= 11 is 0. The van der Waals surface area contributed by atoms with E-state index in [9.17, 15) is 4.79 Å². The monoisotopic (exact) mass is 216 g/mol. The normalized spacial score (nSPS) is 29.2. The SMILES string of the molecule is O=C1C[C@@H]2CCC1OB(c1ccccc1)O2. The number of carbonyl (C=O) groups excluding carboxylic acids is 1. The summed E-state index contributed by atoms with van der Waals surface area (Å²) in [7, 11) is -0.370. The zero-order valence-electron chi connectivity index (χ0n) is 8.96. The molecule has 1 unspecified atom stereocenters. The highest BCUT2D eigenvalue weighted by atomic mass is 16.6. The number of carbonyl (C=O) groups is 1. The van der Waals surface area contributed by atoms with Crippen LogP contribution in [0.3, 0.4) is 0 Å². The van der Waals surface area contributed by atoms with Crippen LogP contribution in [0.4, 0.5) is 0 Å². The lowest BCUT2D eigenvalue weighted by atomic mass is 9.79. The lowest BCUT2D eigenvalue weighted by Gasteiger charge is -2.19. The van der Waals surface area contributed by atoms with E-state index in [1.807, 2.05) is 30.3 Å². The second-order valence-electron chi connectivity index (χ2n) is 4.37. The van der Waals surface area contributed by atoms with Crippen LogP contribution in [-0.2, 0) is 14.1 Å². The van der Waals surface area contributed by atoms with E-state index in [-0.39, 0.29) is 25.1 Å². The number of rotatable bonds is 1. The minimum Gasteiger partial charge on any atom is -0.404 e. The van der Waals surface area contributed by atoms with Crippen LogP contribution >= 0.6 is 0 Å². The van der Waals surface area contributed by atoms with Crippen molar-refractivity contribution in [2.75, 3.05) is 0 Å². The fourth-order valence-electron chi connectivity index (χ4n) is 2.34. The summed E-state index contributed by atoms with van der Waals surface area (Å²) in [5.41, 5.74) is 0.995. The summed E-state index contributed by atoms with van der Waals surface area (Å²) in [6, 6.07) is 9.81. The zero-order valence-corrected chi connectivity index (χ0v) is 8.96. The molecule has 82 valence electrons. The number of hydrogen-bond donors (Lipinski definition) is 0. The molecule has 0 aromatic heterocycles. The maximum Gasteiger partial charge on any atom is 0.494 e. The van der Waals surface area contributed by atoms with Gasteiger partial charge >= 0.3 is 7.12 Å². The van der Waals surface area contributed by atoms with Crippen molar-refractivity contribution >= 4 is 18.4 Å². The molecule has 3 aliphatic rings. The lowest BCUT2D eigenvalue weighted by molar-refractivity contribution is -0.128. The predicted molar refractivity (Wildman–Crippen MR) is 60.4 cm³/mol. The molecule has 2 saturated heterocycles. The smallest absolute Gasteiger partial charge is 0.404 e. The van der Waals surface area contributed by atoms with E-state index in [1.165, 1.54) is 0 Å². The molecule has 0 radical (unpaired) electrons. The first-order valence-electron chi connectivity index (χ1n) is 5.71. The van der Waals surface area contributed by atoms with Gasteiger partial charge in [0.25, 0.3) is 0 Å². The number of benzene rings is 1.